The molecule has 1 aromatic carbocycles. The van der Waals surface area contributed by atoms with Crippen LogP contribution in [0.3, 0.4) is 0 Å². The third-order valence-corrected chi connectivity index (χ3v) is 2.83. The molecule has 0 aliphatic rings. The van der Waals surface area contributed by atoms with Gasteiger partial charge in [0.15, 0.2) is 0 Å². The molecule has 0 saturated heterocycles. The maximum atomic E-state index is 12.9. The van der Waals surface area contributed by atoms with Crippen molar-refractivity contribution in [3.63, 3.8) is 0 Å². The zero-order valence-corrected chi connectivity index (χ0v) is 13.9. The maximum absolute atomic E-state index is 12.9. The highest BCUT2D eigenvalue weighted by atomic mass is 35.5. The molecule has 126 valence electrons. The first-order valence-electron chi connectivity index (χ1n) is 6.87. The van der Waals surface area contributed by atoms with E-state index in [0.717, 1.165) is 0 Å². The summed E-state index contributed by atoms with van der Waals surface area (Å²) in [4.78, 5) is 22.2. The third kappa shape index (κ3) is 7.15. The number of halogens is 2. The van der Waals surface area contributed by atoms with Gasteiger partial charge in [-0.15, -0.1) is 0 Å². The van der Waals surface area contributed by atoms with Crippen LogP contribution in [0.25, 0.3) is 0 Å². The van der Waals surface area contributed by atoms with Crippen LogP contribution in [-0.2, 0) is 4.74 Å². The summed E-state index contributed by atoms with van der Waals surface area (Å²) in [6.45, 7) is 4.97. The number of rotatable bonds is 6. The van der Waals surface area contributed by atoms with Gasteiger partial charge < -0.3 is 14.8 Å². The first-order chi connectivity index (χ1) is 10.7. The lowest BCUT2D eigenvalue weighted by molar-refractivity contribution is 0.0531. The van der Waals surface area contributed by atoms with Gasteiger partial charge in [0.05, 0.1) is 11.4 Å². The Balaban J connectivity index is 2.55. The van der Waals surface area contributed by atoms with Crippen LogP contribution in [0.1, 0.15) is 31.1 Å². The predicted molar refractivity (Wildman–Crippen MR) is 85.8 cm³/mol. The summed E-state index contributed by atoms with van der Waals surface area (Å²) < 4.78 is 23.3. The highest BCUT2D eigenvalue weighted by Gasteiger charge is 2.16. The summed E-state index contributed by atoms with van der Waals surface area (Å²) in [5, 5.41) is 2.72. The molecule has 1 rings (SSSR count). The van der Waals surface area contributed by atoms with E-state index >= 15 is 0 Å². The Morgan fingerprint density at radius 1 is 1.39 bits per heavy atom. The van der Waals surface area contributed by atoms with Crippen molar-refractivity contribution in [3.8, 4) is 5.75 Å². The minimum absolute atomic E-state index is 0.0730. The Kier molecular flexibility index (Phi) is 7.03. The van der Waals surface area contributed by atoms with Crippen molar-refractivity contribution in [3.05, 3.63) is 40.7 Å². The molecule has 7 heteroatoms. The lowest BCUT2D eigenvalue weighted by Gasteiger charge is -2.20. The van der Waals surface area contributed by atoms with Crippen LogP contribution in [-0.4, -0.2) is 31.1 Å². The van der Waals surface area contributed by atoms with Crippen LogP contribution in [0.15, 0.2) is 30.1 Å². The van der Waals surface area contributed by atoms with Gasteiger partial charge in [0.25, 0.3) is 0 Å². The molecule has 0 aliphatic carbocycles. The number of hydrogen-bond acceptors (Lipinski definition) is 4. The van der Waals surface area contributed by atoms with Crippen molar-refractivity contribution < 1.29 is 23.5 Å². The Morgan fingerprint density at radius 2 is 2.09 bits per heavy atom. The van der Waals surface area contributed by atoms with Gasteiger partial charge in [-0.3, -0.25) is 4.79 Å². The van der Waals surface area contributed by atoms with Crippen molar-refractivity contribution in [2.24, 2.45) is 0 Å². The van der Waals surface area contributed by atoms with E-state index in [1.54, 1.807) is 20.8 Å². The molecule has 23 heavy (non-hydrogen) atoms. The van der Waals surface area contributed by atoms with E-state index < -0.39 is 11.7 Å². The van der Waals surface area contributed by atoms with Crippen LogP contribution >= 0.6 is 11.6 Å². The summed E-state index contributed by atoms with van der Waals surface area (Å²) in [6, 6.07) is 4.50. The molecule has 0 aromatic heterocycles. The van der Waals surface area contributed by atoms with Crippen molar-refractivity contribution >= 4 is 24.0 Å². The van der Waals surface area contributed by atoms with Gasteiger partial charge in [0, 0.05) is 17.7 Å². The zero-order valence-electron chi connectivity index (χ0n) is 13.2. The quantitative estimate of drug-likeness (QED) is 0.795. The molecule has 0 spiro atoms. The topological polar surface area (TPSA) is 64.6 Å². The molecule has 1 aromatic rings. The molecule has 0 radical (unpaired) electrons. The highest BCUT2D eigenvalue weighted by molar-refractivity contribution is 6.32. The molecule has 1 N–H and O–H groups in total. The number of amides is 1. The van der Waals surface area contributed by atoms with E-state index in [1.165, 1.54) is 18.2 Å². The van der Waals surface area contributed by atoms with Gasteiger partial charge in [-0.25, -0.2) is 9.18 Å². The molecule has 1 amide bonds. The molecule has 5 nitrogen and oxygen atoms in total. The molecule has 0 unspecified atom stereocenters. The normalized spacial score (nSPS) is 11.8. The maximum Gasteiger partial charge on any atom is 0.407 e. The average Bonchev–Trinajstić information content (AvgIpc) is 2.47. The van der Waals surface area contributed by atoms with Crippen molar-refractivity contribution in [2.45, 2.75) is 26.4 Å². The summed E-state index contributed by atoms with van der Waals surface area (Å²) in [5.74, 6) is 0.257. The van der Waals surface area contributed by atoms with Gasteiger partial charge in [-0.05, 0) is 39.0 Å². The summed E-state index contributed by atoms with van der Waals surface area (Å²) in [5.41, 5.74) is -0.0614. The number of benzene rings is 1. The van der Waals surface area contributed by atoms with E-state index in [9.17, 15) is 14.0 Å². The van der Waals surface area contributed by atoms with Gasteiger partial charge in [0.1, 0.15) is 24.2 Å². The van der Waals surface area contributed by atoms with Crippen LogP contribution < -0.4 is 10.1 Å². The monoisotopic (exact) mass is 343 g/mol. The average molecular weight is 344 g/mol. The van der Waals surface area contributed by atoms with Crippen molar-refractivity contribution in [1.82, 2.24) is 5.32 Å². The minimum Gasteiger partial charge on any atom is -0.487 e. The van der Waals surface area contributed by atoms with Crippen molar-refractivity contribution in [2.75, 3.05) is 13.2 Å². The predicted octanol–water partition coefficient (Wildman–Crippen LogP) is 3.91. The number of hydrogen-bond donors (Lipinski definition) is 1. The number of aldehydes is 1. The zero-order chi connectivity index (χ0) is 17.5. The Labute approximate surface area is 139 Å². The molecule has 0 heterocycles. The van der Waals surface area contributed by atoms with E-state index in [0.29, 0.717) is 23.2 Å². The highest BCUT2D eigenvalue weighted by Crippen LogP contribution is 2.25. The smallest absolute Gasteiger partial charge is 0.407 e. The first kappa shape index (κ1) is 19.0. The minimum atomic E-state index is -0.655. The molecule has 0 aliphatic heterocycles. The van der Waals surface area contributed by atoms with E-state index in [4.69, 9.17) is 21.1 Å². The fraction of sp³-hybridized carbons (Fsp3) is 0.375. The fourth-order valence-electron chi connectivity index (χ4n) is 1.50. The lowest BCUT2D eigenvalue weighted by Crippen LogP contribution is -2.34. The summed E-state index contributed by atoms with van der Waals surface area (Å²) in [6.07, 6.45) is 0.339. The molecule has 0 bridgehead atoms. The Bertz CT molecular complexity index is 596. The number of nitrogens with one attached hydrogen (secondary N) is 1. The number of carbonyl (C=O) groups excluding carboxylic acids is 2. The molecule has 0 atom stereocenters. The van der Waals surface area contributed by atoms with Gasteiger partial charge in [-0.1, -0.05) is 11.6 Å². The second kappa shape index (κ2) is 8.53. The van der Waals surface area contributed by atoms with Crippen LogP contribution in [0.5, 0.6) is 5.75 Å². The summed E-state index contributed by atoms with van der Waals surface area (Å²) in [7, 11) is 0. The third-order valence-electron chi connectivity index (χ3n) is 2.52. The van der Waals surface area contributed by atoms with Crippen LogP contribution in [0.2, 0.25) is 5.02 Å². The van der Waals surface area contributed by atoms with Gasteiger partial charge in [0.2, 0.25) is 0 Å². The van der Waals surface area contributed by atoms with E-state index in [2.05, 4.69) is 5.32 Å². The van der Waals surface area contributed by atoms with Crippen LogP contribution in [0, 0.1) is 0 Å². The molecule has 0 fully saturated rings. The first-order valence-corrected chi connectivity index (χ1v) is 7.25. The lowest BCUT2D eigenvalue weighted by atomic mass is 10.2. The number of ether oxygens (including phenoxy) is 2. The van der Waals surface area contributed by atoms with Crippen molar-refractivity contribution in [1.29, 1.82) is 0 Å². The molecular weight excluding hydrogens is 325 g/mol. The second-order valence-corrected chi connectivity index (χ2v) is 6.13. The van der Waals surface area contributed by atoms with E-state index in [1.807, 2.05) is 0 Å². The standard InChI is InChI=1S/C16H19ClFNO4/c1-16(2,3)23-15(21)19-8-12(7-18)10-22-14-6-11(9-20)4-5-13(14)17/h4-7,9H,8,10H2,1-3H3,(H,19,21)/b12-7+. The number of carbonyl (C=O) groups is 2. The molecular formula is C16H19ClFNO4. The Morgan fingerprint density at radius 3 is 2.65 bits per heavy atom. The second-order valence-electron chi connectivity index (χ2n) is 5.72. The fourth-order valence-corrected chi connectivity index (χ4v) is 1.67. The Hall–Kier alpha value is -2.08. The van der Waals surface area contributed by atoms with E-state index in [-0.39, 0.29) is 24.5 Å². The van der Waals surface area contributed by atoms with Crippen LogP contribution in [0.4, 0.5) is 9.18 Å². The summed E-state index contributed by atoms with van der Waals surface area (Å²) >= 11 is 5.94. The van der Waals surface area contributed by atoms with Gasteiger partial charge >= 0.3 is 6.09 Å². The number of alkyl carbamates (subject to hydrolysis) is 1. The molecule has 0 saturated carbocycles. The SMILES string of the molecule is CC(C)(C)OC(=O)NC/C(=C\F)COc1cc(C=O)ccc1Cl. The largest absolute Gasteiger partial charge is 0.487 e. The van der Waals surface area contributed by atoms with Gasteiger partial charge in [-0.2, -0.15) is 0 Å².